The van der Waals surface area contributed by atoms with Crippen LogP contribution in [0.25, 0.3) is 0 Å². The van der Waals surface area contributed by atoms with E-state index < -0.39 is 12.5 Å². The molecule has 0 unspecified atom stereocenters. The number of halogens is 2. The molecular formula is C12H15F2N. The second-order valence-electron chi connectivity index (χ2n) is 4.15. The van der Waals surface area contributed by atoms with E-state index >= 15 is 0 Å². The number of benzene rings is 1. The maximum Gasteiger partial charge on any atom is 0.264 e. The zero-order valence-corrected chi connectivity index (χ0v) is 8.60. The molecule has 1 aromatic rings. The van der Waals surface area contributed by atoms with Gasteiger partial charge in [-0.15, -0.1) is 0 Å². The zero-order valence-electron chi connectivity index (χ0n) is 8.60. The van der Waals surface area contributed by atoms with Crippen LogP contribution in [0.1, 0.15) is 23.1 Å². The second-order valence-corrected chi connectivity index (χ2v) is 4.15. The van der Waals surface area contributed by atoms with Crippen molar-refractivity contribution in [2.24, 2.45) is 5.73 Å². The first-order valence-corrected chi connectivity index (χ1v) is 5.30. The van der Waals surface area contributed by atoms with Crippen molar-refractivity contribution in [2.45, 2.75) is 31.6 Å². The van der Waals surface area contributed by atoms with Gasteiger partial charge in [0.15, 0.2) is 0 Å². The second kappa shape index (κ2) is 3.89. The smallest absolute Gasteiger partial charge is 0.264 e. The van der Waals surface area contributed by atoms with Gasteiger partial charge in [-0.2, -0.15) is 0 Å². The van der Waals surface area contributed by atoms with Crippen molar-refractivity contribution in [1.82, 2.24) is 0 Å². The van der Waals surface area contributed by atoms with Gasteiger partial charge in [0, 0.05) is 6.42 Å². The molecular weight excluding hydrogens is 196 g/mol. The summed E-state index contributed by atoms with van der Waals surface area (Å²) in [6, 6.07) is 5.70. The molecule has 0 heterocycles. The van der Waals surface area contributed by atoms with Gasteiger partial charge >= 0.3 is 0 Å². The van der Waals surface area contributed by atoms with Crippen LogP contribution in [0.15, 0.2) is 18.2 Å². The maximum absolute atomic E-state index is 13.2. The minimum atomic E-state index is -2.77. The number of aryl methyl sites for hydroxylation is 1. The molecule has 1 aliphatic carbocycles. The Morgan fingerprint density at radius 3 is 2.80 bits per heavy atom. The fraction of sp³-hybridized carbons (Fsp3) is 0.500. The highest BCUT2D eigenvalue weighted by Crippen LogP contribution is 2.29. The van der Waals surface area contributed by atoms with E-state index in [1.54, 1.807) is 6.07 Å². The molecule has 2 rings (SSSR count). The molecule has 0 radical (unpaired) electrons. The van der Waals surface area contributed by atoms with E-state index in [-0.39, 0.29) is 6.42 Å². The Morgan fingerprint density at radius 1 is 1.27 bits per heavy atom. The Kier molecular flexibility index (Phi) is 2.74. The predicted molar refractivity (Wildman–Crippen MR) is 56.2 cm³/mol. The monoisotopic (exact) mass is 211 g/mol. The Balaban J connectivity index is 2.26. The Hall–Kier alpha value is -0.960. The van der Waals surface area contributed by atoms with E-state index in [2.05, 4.69) is 0 Å². The number of fused-ring (bicyclic) bond motifs is 1. The summed E-state index contributed by atoms with van der Waals surface area (Å²) in [5.41, 5.74) is 8.19. The molecule has 0 atom stereocenters. The largest absolute Gasteiger partial charge is 0.325 e. The van der Waals surface area contributed by atoms with Crippen LogP contribution >= 0.6 is 0 Å². The predicted octanol–water partition coefficient (Wildman–Crippen LogP) is 2.31. The van der Waals surface area contributed by atoms with Gasteiger partial charge in [0.25, 0.3) is 5.92 Å². The number of alkyl halides is 2. The number of hydrogen-bond acceptors (Lipinski definition) is 1. The molecule has 1 aliphatic rings. The average molecular weight is 211 g/mol. The summed E-state index contributed by atoms with van der Waals surface area (Å²) in [5, 5.41) is 0. The SMILES string of the molecule is NCC(F)(F)Cc1cccc2c1CCC2. The molecule has 0 fully saturated rings. The van der Waals surface area contributed by atoms with Gasteiger partial charge in [0.1, 0.15) is 0 Å². The lowest BCUT2D eigenvalue weighted by Gasteiger charge is -2.16. The summed E-state index contributed by atoms with van der Waals surface area (Å²) in [7, 11) is 0. The highest BCUT2D eigenvalue weighted by atomic mass is 19.3. The highest BCUT2D eigenvalue weighted by Gasteiger charge is 2.29. The third kappa shape index (κ3) is 2.17. The summed E-state index contributed by atoms with van der Waals surface area (Å²) in [6.07, 6.45) is 2.83. The van der Waals surface area contributed by atoms with Crippen LogP contribution in [0.5, 0.6) is 0 Å². The lowest BCUT2D eigenvalue weighted by Crippen LogP contribution is -2.30. The standard InChI is InChI=1S/C12H15F2N/c13-12(14,8-15)7-10-5-1-3-9-4-2-6-11(9)10/h1,3,5H,2,4,6-8,15H2. The van der Waals surface area contributed by atoms with Gasteiger partial charge in [-0.1, -0.05) is 18.2 Å². The molecule has 3 heteroatoms. The molecule has 0 aromatic heterocycles. The van der Waals surface area contributed by atoms with Crippen molar-refractivity contribution in [2.75, 3.05) is 6.54 Å². The molecule has 0 spiro atoms. The Labute approximate surface area is 88.3 Å². The van der Waals surface area contributed by atoms with Gasteiger partial charge in [0.2, 0.25) is 0 Å². The van der Waals surface area contributed by atoms with E-state index in [0.717, 1.165) is 30.4 Å². The maximum atomic E-state index is 13.2. The third-order valence-corrected chi connectivity index (χ3v) is 2.99. The minimum absolute atomic E-state index is 0.216. The first-order valence-electron chi connectivity index (χ1n) is 5.30. The zero-order chi connectivity index (χ0) is 10.9. The topological polar surface area (TPSA) is 26.0 Å². The van der Waals surface area contributed by atoms with Crippen LogP contribution in [-0.2, 0) is 19.3 Å². The molecule has 15 heavy (non-hydrogen) atoms. The minimum Gasteiger partial charge on any atom is -0.325 e. The van der Waals surface area contributed by atoms with Gasteiger partial charge in [0.05, 0.1) is 6.54 Å². The summed E-state index contributed by atoms with van der Waals surface area (Å²) < 4.78 is 26.4. The molecule has 0 bridgehead atoms. The van der Waals surface area contributed by atoms with Crippen LogP contribution < -0.4 is 5.73 Å². The summed E-state index contributed by atoms with van der Waals surface area (Å²) in [4.78, 5) is 0. The highest BCUT2D eigenvalue weighted by molar-refractivity contribution is 5.39. The van der Waals surface area contributed by atoms with Crippen molar-refractivity contribution in [3.63, 3.8) is 0 Å². The third-order valence-electron chi connectivity index (χ3n) is 2.99. The van der Waals surface area contributed by atoms with Crippen molar-refractivity contribution in [3.05, 3.63) is 34.9 Å². The normalized spacial score (nSPS) is 15.4. The summed E-state index contributed by atoms with van der Waals surface area (Å²) in [6.45, 7) is -0.573. The van der Waals surface area contributed by atoms with Gasteiger partial charge < -0.3 is 5.73 Å². The molecule has 0 saturated carbocycles. The molecule has 0 amide bonds. The van der Waals surface area contributed by atoms with Crippen molar-refractivity contribution in [3.8, 4) is 0 Å². The summed E-state index contributed by atoms with van der Waals surface area (Å²) >= 11 is 0. The van der Waals surface area contributed by atoms with Gasteiger partial charge in [-0.25, -0.2) is 8.78 Å². The molecule has 2 N–H and O–H groups in total. The fourth-order valence-corrected chi connectivity index (χ4v) is 2.22. The number of hydrogen-bond donors (Lipinski definition) is 1. The van der Waals surface area contributed by atoms with Crippen molar-refractivity contribution < 1.29 is 8.78 Å². The number of nitrogens with two attached hydrogens (primary N) is 1. The fourth-order valence-electron chi connectivity index (χ4n) is 2.22. The van der Waals surface area contributed by atoms with Crippen LogP contribution in [0, 0.1) is 0 Å². The van der Waals surface area contributed by atoms with E-state index in [0.29, 0.717) is 0 Å². The van der Waals surface area contributed by atoms with E-state index in [4.69, 9.17) is 5.73 Å². The quantitative estimate of drug-likeness (QED) is 0.815. The lowest BCUT2D eigenvalue weighted by molar-refractivity contribution is 0.0113. The van der Waals surface area contributed by atoms with Gasteiger partial charge in [-0.3, -0.25) is 0 Å². The Morgan fingerprint density at radius 2 is 2.07 bits per heavy atom. The van der Waals surface area contributed by atoms with Crippen LogP contribution in [-0.4, -0.2) is 12.5 Å². The molecule has 1 aromatic carbocycles. The number of rotatable bonds is 3. The first-order chi connectivity index (χ1) is 7.12. The van der Waals surface area contributed by atoms with Gasteiger partial charge in [-0.05, 0) is 36.0 Å². The molecule has 82 valence electrons. The van der Waals surface area contributed by atoms with E-state index in [1.165, 1.54) is 5.56 Å². The van der Waals surface area contributed by atoms with Crippen LogP contribution in [0.4, 0.5) is 8.78 Å². The molecule has 1 nitrogen and oxygen atoms in total. The van der Waals surface area contributed by atoms with Crippen LogP contribution in [0.3, 0.4) is 0 Å². The van der Waals surface area contributed by atoms with E-state index in [9.17, 15) is 8.78 Å². The molecule has 0 saturated heterocycles. The first kappa shape index (κ1) is 10.6. The Bertz CT molecular complexity index is 361. The molecule has 0 aliphatic heterocycles. The van der Waals surface area contributed by atoms with Crippen molar-refractivity contribution >= 4 is 0 Å². The van der Waals surface area contributed by atoms with E-state index in [1.807, 2.05) is 12.1 Å². The average Bonchev–Trinajstić information content (AvgIpc) is 2.66. The summed E-state index contributed by atoms with van der Waals surface area (Å²) in [5.74, 6) is -2.77. The lowest BCUT2D eigenvalue weighted by atomic mass is 9.98. The van der Waals surface area contributed by atoms with Crippen LogP contribution in [0.2, 0.25) is 0 Å². The van der Waals surface area contributed by atoms with Crippen molar-refractivity contribution in [1.29, 1.82) is 0 Å².